The van der Waals surface area contributed by atoms with Crippen LogP contribution in [0.15, 0.2) is 35.7 Å². The Balaban J connectivity index is 2.38. The molecule has 2 rings (SSSR count). The molecule has 0 spiro atoms. The number of benzene rings is 1. The predicted octanol–water partition coefficient (Wildman–Crippen LogP) is 2.10. The molecule has 0 radical (unpaired) electrons. The van der Waals surface area contributed by atoms with E-state index in [2.05, 4.69) is 4.98 Å². The Hall–Kier alpha value is -1.72. The summed E-state index contributed by atoms with van der Waals surface area (Å²) in [6.07, 6.45) is 0. The van der Waals surface area contributed by atoms with Gasteiger partial charge in [-0.15, -0.1) is 11.3 Å². The van der Waals surface area contributed by atoms with Crippen LogP contribution >= 0.6 is 11.3 Å². The van der Waals surface area contributed by atoms with E-state index in [1.807, 2.05) is 30.3 Å². The minimum absolute atomic E-state index is 0.184. The monoisotopic (exact) mass is 249 g/mol. The molecular weight excluding hydrogens is 238 g/mol. The van der Waals surface area contributed by atoms with Gasteiger partial charge in [0.05, 0.1) is 5.69 Å². The van der Waals surface area contributed by atoms with Crippen molar-refractivity contribution in [1.29, 1.82) is 0 Å². The van der Waals surface area contributed by atoms with Gasteiger partial charge in [0.1, 0.15) is 5.01 Å². The molecule has 0 unspecified atom stereocenters. The third-order valence-corrected chi connectivity index (χ3v) is 3.46. The summed E-state index contributed by atoms with van der Waals surface area (Å²) in [6, 6.07) is 9.42. The van der Waals surface area contributed by atoms with E-state index in [9.17, 15) is 9.90 Å². The highest BCUT2D eigenvalue weighted by atomic mass is 32.1. The van der Waals surface area contributed by atoms with E-state index >= 15 is 0 Å². The van der Waals surface area contributed by atoms with Gasteiger partial charge in [-0.2, -0.15) is 0 Å². The Morgan fingerprint density at radius 1 is 1.35 bits per heavy atom. The standard InChI is InChI=1S/C12H11NO3S/c1-12(16,11(14)15)10-13-9(7-17-10)8-5-3-2-4-6-8/h2-7,16H,1H3,(H,14,15)/t12-/m0/s1. The van der Waals surface area contributed by atoms with Crippen molar-refractivity contribution in [3.8, 4) is 11.3 Å². The van der Waals surface area contributed by atoms with Gasteiger partial charge >= 0.3 is 5.97 Å². The number of aromatic nitrogens is 1. The van der Waals surface area contributed by atoms with Crippen molar-refractivity contribution in [2.45, 2.75) is 12.5 Å². The Kier molecular flexibility index (Phi) is 2.95. The molecule has 2 N–H and O–H groups in total. The van der Waals surface area contributed by atoms with Crippen LogP contribution in [0.5, 0.6) is 0 Å². The minimum Gasteiger partial charge on any atom is -0.479 e. The average molecular weight is 249 g/mol. The Morgan fingerprint density at radius 3 is 2.59 bits per heavy atom. The summed E-state index contributed by atoms with van der Waals surface area (Å²) in [7, 11) is 0. The topological polar surface area (TPSA) is 70.4 Å². The van der Waals surface area contributed by atoms with Crippen molar-refractivity contribution >= 4 is 17.3 Å². The number of aliphatic carboxylic acids is 1. The number of rotatable bonds is 3. The Morgan fingerprint density at radius 2 is 2.00 bits per heavy atom. The molecule has 1 atom stereocenters. The molecule has 1 aromatic carbocycles. The summed E-state index contributed by atoms with van der Waals surface area (Å²) in [5.74, 6) is -1.30. The van der Waals surface area contributed by atoms with Crippen molar-refractivity contribution in [2.24, 2.45) is 0 Å². The summed E-state index contributed by atoms with van der Waals surface area (Å²) < 4.78 is 0. The highest BCUT2D eigenvalue weighted by Gasteiger charge is 2.35. The molecule has 2 aromatic rings. The fourth-order valence-corrected chi connectivity index (χ4v) is 2.21. The molecule has 1 heterocycles. The van der Waals surface area contributed by atoms with Crippen LogP contribution in [0.2, 0.25) is 0 Å². The van der Waals surface area contributed by atoms with Gasteiger partial charge in [0.2, 0.25) is 5.60 Å². The SMILES string of the molecule is C[C@@](O)(C(=O)O)c1nc(-c2ccccc2)cs1. The second-order valence-electron chi connectivity index (χ2n) is 3.78. The van der Waals surface area contributed by atoms with Crippen LogP contribution < -0.4 is 0 Å². The summed E-state index contributed by atoms with van der Waals surface area (Å²) in [6.45, 7) is 1.23. The van der Waals surface area contributed by atoms with Crippen molar-refractivity contribution < 1.29 is 15.0 Å². The lowest BCUT2D eigenvalue weighted by molar-refractivity contribution is -0.157. The smallest absolute Gasteiger partial charge is 0.342 e. The van der Waals surface area contributed by atoms with E-state index in [0.717, 1.165) is 16.9 Å². The number of nitrogens with zero attached hydrogens (tertiary/aromatic N) is 1. The van der Waals surface area contributed by atoms with E-state index in [4.69, 9.17) is 5.11 Å². The highest BCUT2D eigenvalue weighted by molar-refractivity contribution is 7.10. The van der Waals surface area contributed by atoms with Gasteiger partial charge in [-0.3, -0.25) is 0 Å². The molecule has 0 bridgehead atoms. The number of carbonyl (C=O) groups is 1. The van der Waals surface area contributed by atoms with Crippen LogP contribution in [0.25, 0.3) is 11.3 Å². The van der Waals surface area contributed by atoms with Crippen molar-refractivity contribution in [3.05, 3.63) is 40.7 Å². The average Bonchev–Trinajstić information content (AvgIpc) is 2.80. The van der Waals surface area contributed by atoms with E-state index in [1.165, 1.54) is 6.92 Å². The highest BCUT2D eigenvalue weighted by Crippen LogP contribution is 2.28. The van der Waals surface area contributed by atoms with Gasteiger partial charge in [-0.25, -0.2) is 9.78 Å². The maximum absolute atomic E-state index is 10.9. The zero-order chi connectivity index (χ0) is 12.5. The van der Waals surface area contributed by atoms with Crippen LogP contribution in [-0.2, 0) is 10.4 Å². The first-order chi connectivity index (χ1) is 8.01. The fraction of sp³-hybridized carbons (Fsp3) is 0.167. The molecule has 88 valence electrons. The Labute approximate surface area is 102 Å². The van der Waals surface area contributed by atoms with Crippen LogP contribution in [0, 0.1) is 0 Å². The van der Waals surface area contributed by atoms with Crippen LogP contribution in [-0.4, -0.2) is 21.2 Å². The van der Waals surface area contributed by atoms with Crippen molar-refractivity contribution in [3.63, 3.8) is 0 Å². The first kappa shape index (κ1) is 11.8. The van der Waals surface area contributed by atoms with Crippen molar-refractivity contribution in [2.75, 3.05) is 0 Å². The molecule has 0 aliphatic heterocycles. The van der Waals surface area contributed by atoms with Crippen LogP contribution in [0.1, 0.15) is 11.9 Å². The normalized spacial score (nSPS) is 14.2. The first-order valence-electron chi connectivity index (χ1n) is 4.99. The second-order valence-corrected chi connectivity index (χ2v) is 4.64. The van der Waals surface area contributed by atoms with Crippen molar-refractivity contribution in [1.82, 2.24) is 4.98 Å². The lowest BCUT2D eigenvalue weighted by Gasteiger charge is -2.13. The minimum atomic E-state index is -1.93. The fourth-order valence-electron chi connectivity index (χ4n) is 1.33. The maximum atomic E-state index is 10.9. The third kappa shape index (κ3) is 2.20. The van der Waals surface area contributed by atoms with Gasteiger partial charge in [0, 0.05) is 10.9 Å². The lowest BCUT2D eigenvalue weighted by Crippen LogP contribution is -2.31. The van der Waals surface area contributed by atoms with Gasteiger partial charge in [0.15, 0.2) is 0 Å². The Bertz CT molecular complexity index is 534. The van der Waals surface area contributed by atoms with Gasteiger partial charge in [-0.1, -0.05) is 30.3 Å². The second kappa shape index (κ2) is 4.27. The molecule has 0 aliphatic carbocycles. The summed E-state index contributed by atoms with van der Waals surface area (Å²) in [4.78, 5) is 15.0. The molecule has 1 aromatic heterocycles. The number of hydrogen-bond donors (Lipinski definition) is 2. The molecule has 0 amide bonds. The zero-order valence-electron chi connectivity index (χ0n) is 9.12. The summed E-state index contributed by atoms with van der Waals surface area (Å²) in [5.41, 5.74) is -0.360. The zero-order valence-corrected chi connectivity index (χ0v) is 9.94. The van der Waals surface area contributed by atoms with E-state index < -0.39 is 11.6 Å². The van der Waals surface area contributed by atoms with Gasteiger partial charge in [-0.05, 0) is 6.92 Å². The van der Waals surface area contributed by atoms with Crippen LogP contribution in [0.3, 0.4) is 0 Å². The number of aliphatic hydroxyl groups is 1. The predicted molar refractivity (Wildman–Crippen MR) is 64.8 cm³/mol. The largest absolute Gasteiger partial charge is 0.479 e. The number of thiazole rings is 1. The summed E-state index contributed by atoms with van der Waals surface area (Å²) >= 11 is 1.14. The first-order valence-corrected chi connectivity index (χ1v) is 5.87. The molecular formula is C12H11NO3S. The number of hydrogen-bond acceptors (Lipinski definition) is 4. The van der Waals surface area contributed by atoms with Crippen LogP contribution in [0.4, 0.5) is 0 Å². The quantitative estimate of drug-likeness (QED) is 0.874. The molecule has 0 aliphatic rings. The molecule has 17 heavy (non-hydrogen) atoms. The summed E-state index contributed by atoms with van der Waals surface area (Å²) in [5, 5.41) is 20.6. The molecule has 0 fully saturated rings. The molecule has 4 nitrogen and oxygen atoms in total. The lowest BCUT2D eigenvalue weighted by atomic mass is 10.1. The molecule has 5 heteroatoms. The van der Waals surface area contributed by atoms with E-state index in [1.54, 1.807) is 5.38 Å². The number of carboxylic acid groups (broad SMARTS) is 1. The maximum Gasteiger partial charge on any atom is 0.342 e. The molecule has 0 saturated heterocycles. The third-order valence-electron chi connectivity index (χ3n) is 2.41. The van der Waals surface area contributed by atoms with E-state index in [0.29, 0.717) is 5.69 Å². The number of carboxylic acids is 1. The van der Waals surface area contributed by atoms with Gasteiger partial charge in [0.25, 0.3) is 0 Å². The van der Waals surface area contributed by atoms with E-state index in [-0.39, 0.29) is 5.01 Å². The molecule has 0 saturated carbocycles. The van der Waals surface area contributed by atoms with Gasteiger partial charge < -0.3 is 10.2 Å².